The molecule has 2 aromatic carbocycles. The van der Waals surface area contributed by atoms with E-state index in [-0.39, 0.29) is 6.42 Å². The van der Waals surface area contributed by atoms with Gasteiger partial charge in [0.25, 0.3) is 5.91 Å². The number of nitrogens with one attached hydrogen (secondary N) is 1. The molecule has 8 nitrogen and oxygen atoms in total. The third-order valence-electron chi connectivity index (χ3n) is 4.88. The number of ether oxygens (including phenoxy) is 1. The number of benzene rings is 2. The minimum Gasteiger partial charge on any atom is -0.452 e. The summed E-state index contributed by atoms with van der Waals surface area (Å²) in [6.07, 6.45) is -0.983. The number of hydrogen-bond acceptors (Lipinski definition) is 5. The molecule has 3 rings (SSSR count). The monoisotopic (exact) mass is 420 g/mol. The van der Waals surface area contributed by atoms with Crippen molar-refractivity contribution in [2.75, 3.05) is 5.32 Å². The Hall–Kier alpha value is -3.94. The molecular weight excluding hydrogens is 396 g/mol. The lowest BCUT2D eigenvalue weighted by Gasteiger charge is -2.14. The number of rotatable bonds is 7. The fraction of sp³-hybridized carbons (Fsp3) is 0.217. The quantitative estimate of drug-likeness (QED) is 0.570. The minimum atomic E-state index is -0.993. The van der Waals surface area contributed by atoms with Crippen molar-refractivity contribution >= 4 is 23.5 Å². The molecule has 0 saturated heterocycles. The maximum Gasteiger partial charge on any atom is 0.311 e. The zero-order chi connectivity index (χ0) is 22.5. The van der Waals surface area contributed by atoms with Crippen molar-refractivity contribution in [2.45, 2.75) is 33.3 Å². The van der Waals surface area contributed by atoms with Crippen molar-refractivity contribution in [1.82, 2.24) is 9.78 Å². The zero-order valence-corrected chi connectivity index (χ0v) is 17.6. The maximum absolute atomic E-state index is 12.5. The Morgan fingerprint density at radius 2 is 1.71 bits per heavy atom. The molecule has 0 aliphatic heterocycles. The highest BCUT2D eigenvalue weighted by atomic mass is 16.5. The normalized spacial score (nSPS) is 11.6. The van der Waals surface area contributed by atoms with Gasteiger partial charge in [-0.25, -0.2) is 4.68 Å². The Balaban J connectivity index is 1.62. The number of aryl methyl sites for hydroxylation is 1. The van der Waals surface area contributed by atoms with Crippen LogP contribution in [0.3, 0.4) is 0 Å². The molecule has 8 heteroatoms. The Bertz CT molecular complexity index is 1100. The Labute approximate surface area is 180 Å². The number of para-hydroxylation sites is 1. The van der Waals surface area contributed by atoms with Crippen LogP contribution in [0.4, 0.5) is 5.69 Å². The van der Waals surface area contributed by atoms with Gasteiger partial charge in [-0.2, -0.15) is 5.10 Å². The number of aromatic nitrogens is 2. The number of nitrogens with two attached hydrogens (primary N) is 1. The highest BCUT2D eigenvalue weighted by Crippen LogP contribution is 2.19. The summed E-state index contributed by atoms with van der Waals surface area (Å²) in [5.41, 5.74) is 9.23. The van der Waals surface area contributed by atoms with Gasteiger partial charge in [-0.1, -0.05) is 18.2 Å². The summed E-state index contributed by atoms with van der Waals surface area (Å²) in [7, 11) is 0. The number of carbonyl (C=O) groups excluding carboxylic acids is 3. The van der Waals surface area contributed by atoms with E-state index in [0.29, 0.717) is 11.3 Å². The molecule has 0 radical (unpaired) electrons. The fourth-order valence-electron chi connectivity index (χ4n) is 3.15. The molecule has 0 aliphatic rings. The van der Waals surface area contributed by atoms with Crippen LogP contribution in [0.5, 0.6) is 0 Å². The molecule has 0 saturated carbocycles. The van der Waals surface area contributed by atoms with Gasteiger partial charge in [0, 0.05) is 22.5 Å². The van der Waals surface area contributed by atoms with Gasteiger partial charge in [-0.15, -0.1) is 0 Å². The first-order chi connectivity index (χ1) is 14.8. The smallest absolute Gasteiger partial charge is 0.311 e. The SMILES string of the molecule is Cc1nn(-c2ccccc2)c(C)c1CC(=O)O[C@H](C)C(=O)Nc1ccc(C(N)=O)cc1. The number of anilines is 1. The van der Waals surface area contributed by atoms with Crippen molar-refractivity contribution < 1.29 is 19.1 Å². The number of amides is 2. The highest BCUT2D eigenvalue weighted by molar-refractivity contribution is 5.96. The third kappa shape index (κ3) is 5.16. The first kappa shape index (κ1) is 21.8. The van der Waals surface area contributed by atoms with Crippen molar-refractivity contribution in [3.05, 3.63) is 77.1 Å². The van der Waals surface area contributed by atoms with E-state index in [1.165, 1.54) is 19.1 Å². The molecule has 2 amide bonds. The number of nitrogens with zero attached hydrogens (tertiary/aromatic N) is 2. The Kier molecular flexibility index (Phi) is 6.49. The second-order valence-electron chi connectivity index (χ2n) is 7.14. The molecule has 0 fully saturated rings. The van der Waals surface area contributed by atoms with Gasteiger partial charge in [0.1, 0.15) is 0 Å². The summed E-state index contributed by atoms with van der Waals surface area (Å²) in [5, 5.41) is 7.16. The lowest BCUT2D eigenvalue weighted by molar-refractivity contribution is -0.152. The Morgan fingerprint density at radius 3 is 2.32 bits per heavy atom. The first-order valence-electron chi connectivity index (χ1n) is 9.77. The van der Waals surface area contributed by atoms with E-state index in [0.717, 1.165) is 22.6 Å². The maximum atomic E-state index is 12.5. The predicted molar refractivity (Wildman–Crippen MR) is 116 cm³/mol. The molecule has 1 atom stereocenters. The van der Waals surface area contributed by atoms with E-state index < -0.39 is 23.9 Å². The highest BCUT2D eigenvalue weighted by Gasteiger charge is 2.21. The molecule has 0 aliphatic carbocycles. The van der Waals surface area contributed by atoms with Gasteiger partial charge in [-0.05, 0) is 57.2 Å². The van der Waals surface area contributed by atoms with E-state index in [4.69, 9.17) is 10.5 Å². The Morgan fingerprint density at radius 1 is 1.06 bits per heavy atom. The van der Waals surface area contributed by atoms with E-state index in [1.54, 1.807) is 16.8 Å². The number of esters is 1. The average molecular weight is 420 g/mol. The summed E-state index contributed by atoms with van der Waals surface area (Å²) in [4.78, 5) is 35.9. The average Bonchev–Trinajstić information content (AvgIpc) is 3.03. The van der Waals surface area contributed by atoms with Crippen molar-refractivity contribution in [3.8, 4) is 5.69 Å². The van der Waals surface area contributed by atoms with Gasteiger partial charge in [-0.3, -0.25) is 14.4 Å². The molecule has 160 valence electrons. The predicted octanol–water partition coefficient (Wildman–Crippen LogP) is 2.70. The summed E-state index contributed by atoms with van der Waals surface area (Å²) >= 11 is 0. The van der Waals surface area contributed by atoms with E-state index in [2.05, 4.69) is 10.4 Å². The van der Waals surface area contributed by atoms with Gasteiger partial charge < -0.3 is 15.8 Å². The zero-order valence-electron chi connectivity index (χ0n) is 17.6. The fourth-order valence-corrected chi connectivity index (χ4v) is 3.15. The van der Waals surface area contributed by atoms with Gasteiger partial charge in [0.05, 0.1) is 17.8 Å². The summed E-state index contributed by atoms with van der Waals surface area (Å²) in [6.45, 7) is 5.22. The lowest BCUT2D eigenvalue weighted by atomic mass is 10.1. The number of primary amides is 1. The van der Waals surface area contributed by atoms with Crippen molar-refractivity contribution in [1.29, 1.82) is 0 Å². The third-order valence-corrected chi connectivity index (χ3v) is 4.88. The van der Waals surface area contributed by atoms with Crippen LogP contribution in [0.2, 0.25) is 0 Å². The summed E-state index contributed by atoms with van der Waals surface area (Å²) in [5.74, 6) is -1.56. The van der Waals surface area contributed by atoms with Crippen molar-refractivity contribution in [3.63, 3.8) is 0 Å². The molecule has 0 unspecified atom stereocenters. The van der Waals surface area contributed by atoms with E-state index in [1.807, 2.05) is 44.2 Å². The topological polar surface area (TPSA) is 116 Å². The van der Waals surface area contributed by atoms with Gasteiger partial charge in [0.15, 0.2) is 6.10 Å². The number of carbonyl (C=O) groups is 3. The molecule has 1 heterocycles. The lowest BCUT2D eigenvalue weighted by Crippen LogP contribution is -2.30. The van der Waals surface area contributed by atoms with Crippen LogP contribution in [0.1, 0.15) is 34.2 Å². The molecular formula is C23H24N4O4. The number of hydrogen-bond donors (Lipinski definition) is 2. The van der Waals surface area contributed by atoms with Crippen LogP contribution in [0.25, 0.3) is 5.69 Å². The summed E-state index contributed by atoms with van der Waals surface area (Å²) < 4.78 is 7.09. The van der Waals surface area contributed by atoms with Gasteiger partial charge in [0.2, 0.25) is 5.91 Å². The summed E-state index contributed by atoms with van der Waals surface area (Å²) in [6, 6.07) is 15.7. The largest absolute Gasteiger partial charge is 0.452 e. The molecule has 3 N–H and O–H groups in total. The standard InChI is InChI=1S/C23H24N4O4/c1-14-20(15(2)27(26-14)19-7-5-4-6-8-19)13-21(28)31-16(3)23(30)25-18-11-9-17(10-12-18)22(24)29/h4-12,16H,13H2,1-3H3,(H2,24,29)(H,25,30)/t16-/m1/s1. The van der Waals surface area contributed by atoms with E-state index >= 15 is 0 Å². The van der Waals surface area contributed by atoms with Crippen LogP contribution in [0.15, 0.2) is 54.6 Å². The molecule has 31 heavy (non-hydrogen) atoms. The van der Waals surface area contributed by atoms with Crippen LogP contribution < -0.4 is 11.1 Å². The molecule has 1 aromatic heterocycles. The molecule has 0 spiro atoms. The van der Waals surface area contributed by atoms with Crippen LogP contribution in [0, 0.1) is 13.8 Å². The van der Waals surface area contributed by atoms with Crippen LogP contribution in [-0.4, -0.2) is 33.7 Å². The minimum absolute atomic E-state index is 0.00935. The molecule has 3 aromatic rings. The second kappa shape index (κ2) is 9.25. The van der Waals surface area contributed by atoms with E-state index in [9.17, 15) is 14.4 Å². The first-order valence-corrected chi connectivity index (χ1v) is 9.77. The van der Waals surface area contributed by atoms with Crippen LogP contribution in [-0.2, 0) is 20.7 Å². The van der Waals surface area contributed by atoms with Crippen molar-refractivity contribution in [2.24, 2.45) is 5.73 Å². The second-order valence-corrected chi connectivity index (χ2v) is 7.14. The van der Waals surface area contributed by atoms with Crippen LogP contribution >= 0.6 is 0 Å². The molecule has 0 bridgehead atoms. The van der Waals surface area contributed by atoms with Gasteiger partial charge >= 0.3 is 5.97 Å².